The Balaban J connectivity index is 2.18. The van der Waals surface area contributed by atoms with Gasteiger partial charge in [0.05, 0.1) is 11.8 Å². The van der Waals surface area contributed by atoms with E-state index < -0.39 is 0 Å². The number of aromatic amines is 1. The minimum Gasteiger partial charge on any atom is -0.340 e. The summed E-state index contributed by atoms with van der Waals surface area (Å²) in [6.45, 7) is 1.95. The van der Waals surface area contributed by atoms with Gasteiger partial charge in [0.25, 0.3) is 0 Å². The predicted octanol–water partition coefficient (Wildman–Crippen LogP) is 1.67. The Hall–Kier alpha value is -2.17. The first kappa shape index (κ1) is 9.08. The third kappa shape index (κ3) is 1.37. The molecule has 0 amide bonds. The molecule has 0 aromatic carbocycles. The molecule has 0 saturated heterocycles. The SMILES string of the molecule is Cc1ccc2[nH]c(-c3cn(C)cn3)nc2n1. The van der Waals surface area contributed by atoms with E-state index in [1.807, 2.05) is 36.9 Å². The Morgan fingerprint density at radius 2 is 2.12 bits per heavy atom. The van der Waals surface area contributed by atoms with Gasteiger partial charge >= 0.3 is 0 Å². The van der Waals surface area contributed by atoms with Crippen molar-refractivity contribution in [1.29, 1.82) is 0 Å². The van der Waals surface area contributed by atoms with E-state index in [1.165, 1.54) is 0 Å². The summed E-state index contributed by atoms with van der Waals surface area (Å²) in [5.41, 5.74) is 3.47. The highest BCUT2D eigenvalue weighted by Gasteiger charge is 2.08. The van der Waals surface area contributed by atoms with Crippen molar-refractivity contribution >= 4 is 11.2 Å². The fraction of sp³-hybridized carbons (Fsp3) is 0.182. The summed E-state index contributed by atoms with van der Waals surface area (Å²) in [6, 6.07) is 3.94. The molecular formula is C11H11N5. The summed E-state index contributed by atoms with van der Waals surface area (Å²) < 4.78 is 1.89. The van der Waals surface area contributed by atoms with Crippen molar-refractivity contribution in [3.05, 3.63) is 30.4 Å². The number of hydrogen-bond acceptors (Lipinski definition) is 3. The number of nitrogens with zero attached hydrogens (tertiary/aromatic N) is 4. The molecule has 3 aromatic heterocycles. The van der Waals surface area contributed by atoms with E-state index in [1.54, 1.807) is 6.33 Å². The molecule has 3 aromatic rings. The van der Waals surface area contributed by atoms with Crippen LogP contribution in [-0.2, 0) is 7.05 Å². The molecule has 0 bridgehead atoms. The molecule has 16 heavy (non-hydrogen) atoms. The molecule has 0 aliphatic rings. The van der Waals surface area contributed by atoms with Gasteiger partial charge in [0.2, 0.25) is 0 Å². The molecule has 1 N–H and O–H groups in total. The van der Waals surface area contributed by atoms with Crippen molar-refractivity contribution in [2.45, 2.75) is 6.92 Å². The van der Waals surface area contributed by atoms with Gasteiger partial charge in [-0.3, -0.25) is 0 Å². The number of aryl methyl sites for hydroxylation is 2. The fourth-order valence-corrected chi connectivity index (χ4v) is 1.64. The molecule has 0 aliphatic heterocycles. The molecule has 80 valence electrons. The lowest BCUT2D eigenvalue weighted by Crippen LogP contribution is -1.81. The average Bonchev–Trinajstić information content (AvgIpc) is 2.83. The van der Waals surface area contributed by atoms with Gasteiger partial charge < -0.3 is 9.55 Å². The Kier molecular flexibility index (Phi) is 1.80. The van der Waals surface area contributed by atoms with E-state index in [4.69, 9.17) is 0 Å². The largest absolute Gasteiger partial charge is 0.340 e. The van der Waals surface area contributed by atoms with Crippen LogP contribution in [0.2, 0.25) is 0 Å². The highest BCUT2D eigenvalue weighted by Crippen LogP contribution is 2.17. The minimum absolute atomic E-state index is 0.737. The van der Waals surface area contributed by atoms with Crippen LogP contribution >= 0.6 is 0 Å². The maximum atomic E-state index is 4.41. The summed E-state index contributed by atoms with van der Waals surface area (Å²) >= 11 is 0. The van der Waals surface area contributed by atoms with Crippen molar-refractivity contribution in [1.82, 2.24) is 24.5 Å². The first-order chi connectivity index (χ1) is 7.72. The van der Waals surface area contributed by atoms with E-state index in [0.29, 0.717) is 0 Å². The highest BCUT2D eigenvalue weighted by molar-refractivity contribution is 5.74. The van der Waals surface area contributed by atoms with Crippen LogP contribution in [0.4, 0.5) is 0 Å². The fourth-order valence-electron chi connectivity index (χ4n) is 1.64. The van der Waals surface area contributed by atoms with Gasteiger partial charge in [0.15, 0.2) is 11.5 Å². The molecular weight excluding hydrogens is 202 g/mol. The van der Waals surface area contributed by atoms with E-state index in [0.717, 1.165) is 28.4 Å². The molecule has 3 rings (SSSR count). The molecule has 0 saturated carbocycles. The second-order valence-corrected chi connectivity index (χ2v) is 3.83. The molecule has 0 unspecified atom stereocenters. The van der Waals surface area contributed by atoms with Crippen LogP contribution in [0.1, 0.15) is 5.69 Å². The standard InChI is InChI=1S/C11H11N5/c1-7-3-4-8-10(13-7)15-11(14-8)9-5-16(2)6-12-9/h3-6H,1-2H3,(H,13,14,15). The zero-order valence-corrected chi connectivity index (χ0v) is 9.10. The topological polar surface area (TPSA) is 59.4 Å². The second-order valence-electron chi connectivity index (χ2n) is 3.83. The van der Waals surface area contributed by atoms with Crippen LogP contribution in [-0.4, -0.2) is 24.5 Å². The van der Waals surface area contributed by atoms with Crippen molar-refractivity contribution in [2.24, 2.45) is 7.05 Å². The first-order valence-electron chi connectivity index (χ1n) is 5.04. The lowest BCUT2D eigenvalue weighted by atomic mass is 10.3. The maximum absolute atomic E-state index is 4.41. The van der Waals surface area contributed by atoms with Crippen molar-refractivity contribution in [3.63, 3.8) is 0 Å². The smallest absolute Gasteiger partial charge is 0.178 e. The quantitative estimate of drug-likeness (QED) is 0.668. The van der Waals surface area contributed by atoms with Gasteiger partial charge in [-0.1, -0.05) is 0 Å². The van der Waals surface area contributed by atoms with Crippen LogP contribution in [0.25, 0.3) is 22.7 Å². The van der Waals surface area contributed by atoms with E-state index >= 15 is 0 Å². The van der Waals surface area contributed by atoms with Crippen LogP contribution in [0.15, 0.2) is 24.7 Å². The molecule has 0 fully saturated rings. The Morgan fingerprint density at radius 1 is 1.25 bits per heavy atom. The third-order valence-electron chi connectivity index (χ3n) is 2.43. The van der Waals surface area contributed by atoms with Crippen molar-refractivity contribution in [2.75, 3.05) is 0 Å². The van der Waals surface area contributed by atoms with Gasteiger partial charge in [-0.2, -0.15) is 0 Å². The summed E-state index contributed by atoms with van der Waals surface area (Å²) in [5.74, 6) is 0.758. The summed E-state index contributed by atoms with van der Waals surface area (Å²) in [4.78, 5) is 16.2. The Bertz CT molecular complexity index is 649. The first-order valence-corrected chi connectivity index (χ1v) is 5.04. The zero-order chi connectivity index (χ0) is 11.1. The normalized spacial score (nSPS) is 11.1. The molecule has 0 atom stereocenters. The third-order valence-corrected chi connectivity index (χ3v) is 2.43. The number of pyridine rings is 1. The number of nitrogens with one attached hydrogen (secondary N) is 1. The minimum atomic E-state index is 0.737. The second kappa shape index (κ2) is 3.16. The molecule has 0 radical (unpaired) electrons. The van der Waals surface area contributed by atoms with Crippen LogP contribution < -0.4 is 0 Å². The summed E-state index contributed by atoms with van der Waals surface area (Å²) in [6.07, 6.45) is 3.67. The number of fused-ring (bicyclic) bond motifs is 1. The predicted molar refractivity (Wildman–Crippen MR) is 60.8 cm³/mol. The average molecular weight is 213 g/mol. The molecule has 0 aliphatic carbocycles. The number of rotatable bonds is 1. The van der Waals surface area contributed by atoms with Gasteiger partial charge in [-0.15, -0.1) is 0 Å². The molecule has 0 spiro atoms. The molecule has 5 nitrogen and oxygen atoms in total. The lowest BCUT2D eigenvalue weighted by Gasteiger charge is -1.88. The number of H-pyrrole nitrogens is 1. The van der Waals surface area contributed by atoms with Crippen molar-refractivity contribution < 1.29 is 0 Å². The Labute approximate surface area is 92.2 Å². The number of aromatic nitrogens is 5. The van der Waals surface area contributed by atoms with Gasteiger partial charge in [0, 0.05) is 18.9 Å². The van der Waals surface area contributed by atoms with E-state index in [-0.39, 0.29) is 0 Å². The van der Waals surface area contributed by atoms with Crippen LogP contribution in [0, 0.1) is 6.92 Å². The van der Waals surface area contributed by atoms with Gasteiger partial charge in [-0.05, 0) is 19.1 Å². The zero-order valence-electron chi connectivity index (χ0n) is 9.10. The monoisotopic (exact) mass is 213 g/mol. The lowest BCUT2D eigenvalue weighted by molar-refractivity contribution is 0.913. The molecule has 5 heteroatoms. The highest BCUT2D eigenvalue weighted by atomic mass is 15.1. The number of imidazole rings is 2. The van der Waals surface area contributed by atoms with Gasteiger partial charge in [-0.25, -0.2) is 15.0 Å². The number of hydrogen-bond donors (Lipinski definition) is 1. The van der Waals surface area contributed by atoms with Crippen LogP contribution in [0.3, 0.4) is 0 Å². The molecule has 3 heterocycles. The van der Waals surface area contributed by atoms with Crippen LogP contribution in [0.5, 0.6) is 0 Å². The van der Waals surface area contributed by atoms with Gasteiger partial charge in [0.1, 0.15) is 5.69 Å². The maximum Gasteiger partial charge on any atom is 0.178 e. The Morgan fingerprint density at radius 3 is 2.88 bits per heavy atom. The van der Waals surface area contributed by atoms with E-state index in [2.05, 4.69) is 19.9 Å². The van der Waals surface area contributed by atoms with Crippen molar-refractivity contribution in [3.8, 4) is 11.5 Å². The summed E-state index contributed by atoms with van der Waals surface area (Å²) in [7, 11) is 1.93. The van der Waals surface area contributed by atoms with E-state index in [9.17, 15) is 0 Å². The summed E-state index contributed by atoms with van der Waals surface area (Å²) in [5, 5.41) is 0.